The second-order valence-corrected chi connectivity index (χ2v) is 7.84. The summed E-state index contributed by atoms with van der Waals surface area (Å²) in [5, 5.41) is 3.51. The van der Waals surface area contributed by atoms with E-state index in [0.29, 0.717) is 22.7 Å². The zero-order valence-electron chi connectivity index (χ0n) is 15.7. The molecule has 0 aliphatic rings. The highest BCUT2D eigenvalue weighted by Gasteiger charge is 2.19. The van der Waals surface area contributed by atoms with Crippen LogP contribution in [0.1, 0.15) is 50.8 Å². The fourth-order valence-electron chi connectivity index (χ4n) is 2.59. The molecule has 1 heterocycles. The zero-order valence-corrected chi connectivity index (χ0v) is 16.5. The zero-order chi connectivity index (χ0) is 19.3. The number of nitrogen functional groups attached to an aromatic ring is 2. The molecule has 1 amide bonds. The van der Waals surface area contributed by atoms with Gasteiger partial charge in [-0.05, 0) is 23.0 Å². The topological polar surface area (TPSA) is 107 Å². The van der Waals surface area contributed by atoms with E-state index in [9.17, 15) is 4.79 Å². The number of rotatable bonds is 7. The summed E-state index contributed by atoms with van der Waals surface area (Å²) >= 11 is 1.22. The number of thioether (sulfide) groups is 1. The van der Waals surface area contributed by atoms with E-state index >= 15 is 0 Å². The third-order valence-electron chi connectivity index (χ3n) is 4.02. The Balaban J connectivity index is 2.01. The Kier molecular flexibility index (Phi) is 6.85. The SMILES string of the molecule is CC(C)c1ccc([C@@H](NC(=O)CSc2nc(N)cc(N)n2)C(C)C)cc1. The Morgan fingerprint density at radius 2 is 1.58 bits per heavy atom. The number of aromatic nitrogens is 2. The van der Waals surface area contributed by atoms with Gasteiger partial charge in [0.1, 0.15) is 11.6 Å². The summed E-state index contributed by atoms with van der Waals surface area (Å²) in [6.45, 7) is 8.52. The lowest BCUT2D eigenvalue weighted by Crippen LogP contribution is -2.33. The lowest BCUT2D eigenvalue weighted by atomic mass is 9.93. The number of amides is 1. The van der Waals surface area contributed by atoms with E-state index in [0.717, 1.165) is 5.56 Å². The third kappa shape index (κ3) is 5.62. The van der Waals surface area contributed by atoms with Gasteiger partial charge >= 0.3 is 0 Å². The van der Waals surface area contributed by atoms with Gasteiger partial charge in [-0.3, -0.25) is 4.79 Å². The molecule has 6 nitrogen and oxygen atoms in total. The molecule has 2 aromatic rings. The Bertz CT molecular complexity index is 726. The Morgan fingerprint density at radius 1 is 1.04 bits per heavy atom. The van der Waals surface area contributed by atoms with Crippen LogP contribution in [0.25, 0.3) is 0 Å². The van der Waals surface area contributed by atoms with Crippen LogP contribution in [0, 0.1) is 5.92 Å². The molecule has 0 fully saturated rings. The van der Waals surface area contributed by atoms with Gasteiger partial charge in [-0.2, -0.15) is 0 Å². The summed E-state index contributed by atoms with van der Waals surface area (Å²) in [5.41, 5.74) is 13.7. The molecule has 2 rings (SSSR count). The van der Waals surface area contributed by atoms with Gasteiger partial charge in [-0.25, -0.2) is 9.97 Å². The van der Waals surface area contributed by atoms with Crippen LogP contribution in [-0.4, -0.2) is 21.6 Å². The second-order valence-electron chi connectivity index (χ2n) is 6.90. The van der Waals surface area contributed by atoms with Crippen molar-refractivity contribution in [2.75, 3.05) is 17.2 Å². The smallest absolute Gasteiger partial charge is 0.230 e. The second kappa shape index (κ2) is 8.89. The van der Waals surface area contributed by atoms with Crippen LogP contribution >= 0.6 is 11.8 Å². The molecule has 26 heavy (non-hydrogen) atoms. The van der Waals surface area contributed by atoms with Crippen LogP contribution < -0.4 is 16.8 Å². The molecular formula is C19H27N5OS. The van der Waals surface area contributed by atoms with Crippen LogP contribution in [0.3, 0.4) is 0 Å². The van der Waals surface area contributed by atoms with Crippen molar-refractivity contribution in [3.63, 3.8) is 0 Å². The van der Waals surface area contributed by atoms with E-state index in [1.165, 1.54) is 23.4 Å². The largest absolute Gasteiger partial charge is 0.383 e. The number of carbonyl (C=O) groups is 1. The molecule has 7 heteroatoms. The molecule has 0 radical (unpaired) electrons. The Morgan fingerprint density at radius 3 is 2.08 bits per heavy atom. The predicted molar refractivity (Wildman–Crippen MR) is 108 cm³/mol. The van der Waals surface area contributed by atoms with Crippen molar-refractivity contribution in [1.29, 1.82) is 0 Å². The molecule has 0 unspecified atom stereocenters. The van der Waals surface area contributed by atoms with Gasteiger partial charge in [0.25, 0.3) is 0 Å². The molecule has 0 aliphatic heterocycles. The van der Waals surface area contributed by atoms with Gasteiger partial charge in [-0.15, -0.1) is 0 Å². The van der Waals surface area contributed by atoms with Gasteiger partial charge in [0, 0.05) is 6.07 Å². The monoisotopic (exact) mass is 373 g/mol. The molecule has 5 N–H and O–H groups in total. The summed E-state index contributed by atoms with van der Waals surface area (Å²) < 4.78 is 0. The van der Waals surface area contributed by atoms with Gasteiger partial charge in [-0.1, -0.05) is 63.7 Å². The van der Waals surface area contributed by atoms with Crippen molar-refractivity contribution in [2.45, 2.75) is 44.8 Å². The highest BCUT2D eigenvalue weighted by Crippen LogP contribution is 2.24. The average Bonchev–Trinajstić information content (AvgIpc) is 2.57. The first-order valence-corrected chi connectivity index (χ1v) is 9.67. The first-order chi connectivity index (χ1) is 12.3. The van der Waals surface area contributed by atoms with Crippen molar-refractivity contribution in [3.05, 3.63) is 41.5 Å². The average molecular weight is 374 g/mol. The Hall–Kier alpha value is -2.28. The Labute approximate surface area is 159 Å². The minimum absolute atomic E-state index is 0.0452. The minimum atomic E-state index is -0.0776. The van der Waals surface area contributed by atoms with Crippen molar-refractivity contribution >= 4 is 29.3 Å². The number of nitrogens with one attached hydrogen (secondary N) is 1. The standard InChI is InChI=1S/C19H27N5OS/c1-11(2)13-5-7-14(8-6-13)18(12(3)4)24-17(25)10-26-19-22-15(20)9-16(21)23-19/h5-9,11-12,18H,10H2,1-4H3,(H,24,25)(H4,20,21,22,23)/t18-/m0/s1. The number of hydrogen-bond acceptors (Lipinski definition) is 6. The van der Waals surface area contributed by atoms with E-state index < -0.39 is 0 Å². The summed E-state index contributed by atoms with van der Waals surface area (Å²) in [4.78, 5) is 20.5. The number of anilines is 2. The number of hydrogen-bond donors (Lipinski definition) is 3. The fraction of sp³-hybridized carbons (Fsp3) is 0.421. The molecule has 0 spiro atoms. The maximum absolute atomic E-state index is 12.4. The number of nitrogens with two attached hydrogens (primary N) is 2. The number of nitrogens with zero attached hydrogens (tertiary/aromatic N) is 2. The van der Waals surface area contributed by atoms with Crippen molar-refractivity contribution < 1.29 is 4.79 Å². The summed E-state index contributed by atoms with van der Waals surface area (Å²) in [7, 11) is 0. The lowest BCUT2D eigenvalue weighted by molar-refractivity contribution is -0.119. The molecule has 1 aromatic carbocycles. The van der Waals surface area contributed by atoms with Crippen LogP contribution in [0.15, 0.2) is 35.5 Å². The van der Waals surface area contributed by atoms with Gasteiger partial charge in [0.05, 0.1) is 11.8 Å². The first-order valence-electron chi connectivity index (χ1n) is 8.68. The van der Waals surface area contributed by atoms with Crippen LogP contribution in [0.2, 0.25) is 0 Å². The van der Waals surface area contributed by atoms with E-state index in [4.69, 9.17) is 11.5 Å². The maximum atomic E-state index is 12.4. The van der Waals surface area contributed by atoms with E-state index in [1.54, 1.807) is 0 Å². The van der Waals surface area contributed by atoms with Crippen LogP contribution in [0.5, 0.6) is 0 Å². The molecule has 1 aromatic heterocycles. The van der Waals surface area contributed by atoms with Crippen LogP contribution in [0.4, 0.5) is 11.6 Å². The van der Waals surface area contributed by atoms with E-state index in [-0.39, 0.29) is 23.6 Å². The fourth-order valence-corrected chi connectivity index (χ4v) is 3.28. The van der Waals surface area contributed by atoms with E-state index in [2.05, 4.69) is 67.2 Å². The van der Waals surface area contributed by atoms with E-state index in [1.807, 2.05) is 0 Å². The van der Waals surface area contributed by atoms with Gasteiger partial charge < -0.3 is 16.8 Å². The third-order valence-corrected chi connectivity index (χ3v) is 4.87. The summed E-state index contributed by atoms with van der Waals surface area (Å²) in [5.74, 6) is 1.48. The van der Waals surface area contributed by atoms with Gasteiger partial charge in [0.2, 0.25) is 5.91 Å². The maximum Gasteiger partial charge on any atom is 0.230 e. The minimum Gasteiger partial charge on any atom is -0.383 e. The molecule has 0 bridgehead atoms. The predicted octanol–water partition coefficient (Wildman–Crippen LogP) is 3.37. The highest BCUT2D eigenvalue weighted by atomic mass is 32.2. The number of benzene rings is 1. The quantitative estimate of drug-likeness (QED) is 0.507. The molecule has 0 saturated heterocycles. The molecule has 0 aliphatic carbocycles. The van der Waals surface area contributed by atoms with Crippen LogP contribution in [-0.2, 0) is 4.79 Å². The summed E-state index contributed by atoms with van der Waals surface area (Å²) in [6.07, 6.45) is 0. The lowest BCUT2D eigenvalue weighted by Gasteiger charge is -2.23. The molecular weight excluding hydrogens is 346 g/mol. The number of carbonyl (C=O) groups excluding carboxylic acids is 1. The van der Waals surface area contributed by atoms with Crippen molar-refractivity contribution in [3.8, 4) is 0 Å². The highest BCUT2D eigenvalue weighted by molar-refractivity contribution is 7.99. The normalized spacial score (nSPS) is 12.4. The van der Waals surface area contributed by atoms with Crippen molar-refractivity contribution in [2.24, 2.45) is 5.92 Å². The van der Waals surface area contributed by atoms with Crippen molar-refractivity contribution in [1.82, 2.24) is 15.3 Å². The first kappa shape index (κ1) is 20.0. The molecule has 1 atom stereocenters. The molecule has 0 saturated carbocycles. The van der Waals surface area contributed by atoms with Gasteiger partial charge in [0.15, 0.2) is 5.16 Å². The summed E-state index contributed by atoms with van der Waals surface area (Å²) in [6, 6.07) is 9.87. The molecule has 140 valence electrons.